The zero-order chi connectivity index (χ0) is 10.6. The molecule has 0 aliphatic rings. The smallest absolute Gasteiger partial charge is 0.243 e. The Bertz CT molecular complexity index is 365. The highest BCUT2D eigenvalue weighted by Gasteiger charge is 2.00. The minimum absolute atomic E-state index is 0.277. The first-order chi connectivity index (χ1) is 6.63. The molecule has 2 nitrogen and oxygen atoms in total. The van der Waals surface area contributed by atoms with Gasteiger partial charge in [0.2, 0.25) is 5.91 Å². The number of hydrogen-bond donors (Lipinski definition) is 2. The van der Waals surface area contributed by atoms with Gasteiger partial charge in [0.25, 0.3) is 0 Å². The summed E-state index contributed by atoms with van der Waals surface area (Å²) in [5, 5.41) is 2.55. The highest BCUT2D eigenvalue weighted by atomic mass is 32.1. The van der Waals surface area contributed by atoms with Crippen molar-refractivity contribution in [3.8, 4) is 0 Å². The minimum Gasteiger partial charge on any atom is -0.348 e. The van der Waals surface area contributed by atoms with Crippen LogP contribution in [0, 0.1) is 5.82 Å². The van der Waals surface area contributed by atoms with Crippen molar-refractivity contribution in [1.29, 1.82) is 0 Å². The van der Waals surface area contributed by atoms with Crippen molar-refractivity contribution in [2.45, 2.75) is 11.4 Å². The molecule has 1 aromatic carbocycles. The van der Waals surface area contributed by atoms with Crippen molar-refractivity contribution in [3.05, 3.63) is 42.2 Å². The molecule has 1 N–H and O–H groups in total. The van der Waals surface area contributed by atoms with Gasteiger partial charge < -0.3 is 5.32 Å². The van der Waals surface area contributed by atoms with E-state index in [4.69, 9.17) is 0 Å². The van der Waals surface area contributed by atoms with Gasteiger partial charge in [-0.25, -0.2) is 4.39 Å². The lowest BCUT2D eigenvalue weighted by atomic mass is 10.2. The van der Waals surface area contributed by atoms with Crippen molar-refractivity contribution in [1.82, 2.24) is 5.32 Å². The fourth-order valence-corrected chi connectivity index (χ4v) is 1.06. The molecule has 0 bridgehead atoms. The maximum Gasteiger partial charge on any atom is 0.243 e. The molecule has 0 unspecified atom stereocenters. The summed E-state index contributed by atoms with van der Waals surface area (Å²) in [7, 11) is 0. The van der Waals surface area contributed by atoms with Gasteiger partial charge >= 0.3 is 0 Å². The van der Waals surface area contributed by atoms with E-state index in [0.29, 0.717) is 10.5 Å². The van der Waals surface area contributed by atoms with Crippen LogP contribution in [0.4, 0.5) is 4.39 Å². The molecule has 0 aromatic heterocycles. The third-order valence-electron chi connectivity index (χ3n) is 1.66. The number of carbonyl (C=O) groups excluding carboxylic acids is 1. The summed E-state index contributed by atoms with van der Waals surface area (Å²) in [6, 6.07) is 4.59. The van der Waals surface area contributed by atoms with Crippen molar-refractivity contribution >= 4 is 18.5 Å². The van der Waals surface area contributed by atoms with E-state index < -0.39 is 5.82 Å². The molecule has 0 atom stereocenters. The molecule has 0 saturated heterocycles. The minimum atomic E-state index is -0.390. The van der Waals surface area contributed by atoms with Crippen molar-refractivity contribution in [2.75, 3.05) is 0 Å². The van der Waals surface area contributed by atoms with E-state index in [1.807, 2.05) is 0 Å². The van der Waals surface area contributed by atoms with Crippen LogP contribution in [0.1, 0.15) is 5.56 Å². The van der Waals surface area contributed by atoms with E-state index in [0.717, 1.165) is 0 Å². The Morgan fingerprint density at radius 1 is 1.64 bits per heavy atom. The third kappa shape index (κ3) is 2.88. The second-order valence-corrected chi connectivity index (χ2v) is 3.19. The first kappa shape index (κ1) is 10.8. The lowest BCUT2D eigenvalue weighted by Gasteiger charge is -2.03. The normalized spacial score (nSPS) is 9.57. The first-order valence-electron chi connectivity index (χ1n) is 4.01. The predicted molar refractivity (Wildman–Crippen MR) is 55.7 cm³/mol. The Morgan fingerprint density at radius 2 is 2.36 bits per heavy atom. The molecule has 0 aliphatic carbocycles. The SMILES string of the molecule is C=CC(=O)NCc1ccc(S)c(F)c1. The Balaban J connectivity index is 2.64. The molecule has 0 spiro atoms. The molecule has 0 aliphatic heterocycles. The van der Waals surface area contributed by atoms with Gasteiger partial charge in [0.1, 0.15) is 5.82 Å². The second-order valence-electron chi connectivity index (χ2n) is 2.71. The van der Waals surface area contributed by atoms with Gasteiger partial charge in [0, 0.05) is 11.4 Å². The van der Waals surface area contributed by atoms with Gasteiger partial charge in [0.15, 0.2) is 0 Å². The zero-order valence-electron chi connectivity index (χ0n) is 7.46. The molecule has 74 valence electrons. The largest absolute Gasteiger partial charge is 0.348 e. The summed E-state index contributed by atoms with van der Waals surface area (Å²) in [4.78, 5) is 11.1. The summed E-state index contributed by atoms with van der Waals surface area (Å²) in [6.45, 7) is 3.59. The molecule has 1 rings (SSSR count). The summed E-state index contributed by atoms with van der Waals surface area (Å²) in [5.41, 5.74) is 0.690. The number of halogens is 1. The molecular formula is C10H10FNOS. The van der Waals surface area contributed by atoms with E-state index in [1.54, 1.807) is 12.1 Å². The van der Waals surface area contributed by atoms with Crippen LogP contribution in [0.15, 0.2) is 35.7 Å². The Hall–Kier alpha value is -1.29. The van der Waals surface area contributed by atoms with Crippen LogP contribution in [0.3, 0.4) is 0 Å². The summed E-state index contributed by atoms with van der Waals surface area (Å²) in [5.74, 6) is -0.668. The maximum atomic E-state index is 13.0. The van der Waals surface area contributed by atoms with Gasteiger partial charge in [-0.15, -0.1) is 12.6 Å². The number of carbonyl (C=O) groups is 1. The molecule has 14 heavy (non-hydrogen) atoms. The number of hydrogen-bond acceptors (Lipinski definition) is 2. The predicted octanol–water partition coefficient (Wildman–Crippen LogP) is 1.92. The van der Waals surface area contributed by atoms with Crippen LogP contribution >= 0.6 is 12.6 Å². The molecule has 0 heterocycles. The monoisotopic (exact) mass is 211 g/mol. The van der Waals surface area contributed by atoms with Crippen LogP contribution in [0.5, 0.6) is 0 Å². The quantitative estimate of drug-likeness (QED) is 0.580. The molecule has 4 heteroatoms. The van der Waals surface area contributed by atoms with Crippen LogP contribution in [0.25, 0.3) is 0 Å². The van der Waals surface area contributed by atoms with E-state index in [2.05, 4.69) is 24.5 Å². The fourth-order valence-electron chi connectivity index (χ4n) is 0.922. The number of amides is 1. The van der Waals surface area contributed by atoms with E-state index in [1.165, 1.54) is 12.1 Å². The van der Waals surface area contributed by atoms with Gasteiger partial charge in [0.05, 0.1) is 0 Å². The molecule has 0 fully saturated rings. The molecule has 1 amide bonds. The van der Waals surface area contributed by atoms with Gasteiger partial charge in [-0.05, 0) is 23.8 Å². The Morgan fingerprint density at radius 3 is 2.93 bits per heavy atom. The molecule has 1 aromatic rings. The first-order valence-corrected chi connectivity index (χ1v) is 4.46. The van der Waals surface area contributed by atoms with Crippen molar-refractivity contribution in [2.24, 2.45) is 0 Å². The Labute approximate surface area is 87.2 Å². The highest BCUT2D eigenvalue weighted by molar-refractivity contribution is 7.80. The molecule has 0 radical (unpaired) electrons. The van der Waals surface area contributed by atoms with Gasteiger partial charge in [-0.2, -0.15) is 0 Å². The third-order valence-corrected chi connectivity index (χ3v) is 2.03. The van der Waals surface area contributed by atoms with E-state index in [9.17, 15) is 9.18 Å². The van der Waals surface area contributed by atoms with Crippen LogP contribution in [-0.2, 0) is 11.3 Å². The van der Waals surface area contributed by atoms with Gasteiger partial charge in [-0.1, -0.05) is 12.6 Å². The number of rotatable bonds is 3. The average molecular weight is 211 g/mol. The standard InChI is InChI=1S/C10H10FNOS/c1-2-10(13)12-6-7-3-4-9(14)8(11)5-7/h2-5,14H,1,6H2,(H,12,13). The summed E-state index contributed by atoms with van der Waals surface area (Å²) < 4.78 is 13.0. The van der Waals surface area contributed by atoms with Gasteiger partial charge in [-0.3, -0.25) is 4.79 Å². The topological polar surface area (TPSA) is 29.1 Å². The number of thiol groups is 1. The fraction of sp³-hybridized carbons (Fsp3) is 0.100. The zero-order valence-corrected chi connectivity index (χ0v) is 8.35. The molecule has 0 saturated carbocycles. The summed E-state index contributed by atoms with van der Waals surface area (Å²) in [6.07, 6.45) is 1.17. The lowest BCUT2D eigenvalue weighted by molar-refractivity contribution is -0.116. The Kier molecular flexibility index (Phi) is 3.71. The molecular weight excluding hydrogens is 201 g/mol. The van der Waals surface area contributed by atoms with Crippen LogP contribution in [-0.4, -0.2) is 5.91 Å². The number of nitrogens with one attached hydrogen (secondary N) is 1. The number of benzene rings is 1. The highest BCUT2D eigenvalue weighted by Crippen LogP contribution is 2.13. The van der Waals surface area contributed by atoms with Crippen LogP contribution in [0.2, 0.25) is 0 Å². The van der Waals surface area contributed by atoms with Crippen LogP contribution < -0.4 is 5.32 Å². The van der Waals surface area contributed by atoms with Crippen molar-refractivity contribution in [3.63, 3.8) is 0 Å². The second kappa shape index (κ2) is 4.81. The van der Waals surface area contributed by atoms with E-state index in [-0.39, 0.29) is 12.5 Å². The summed E-state index contributed by atoms with van der Waals surface area (Å²) >= 11 is 3.89. The van der Waals surface area contributed by atoms with Crippen molar-refractivity contribution < 1.29 is 9.18 Å². The maximum absolute atomic E-state index is 13.0. The average Bonchev–Trinajstić information content (AvgIpc) is 2.19. The lowest BCUT2D eigenvalue weighted by Crippen LogP contribution is -2.19. The van der Waals surface area contributed by atoms with E-state index >= 15 is 0 Å².